The maximum Gasteiger partial charge on any atom is 0.305 e. The van der Waals surface area contributed by atoms with Crippen LogP contribution in [0.4, 0.5) is 0 Å². The molecule has 0 radical (unpaired) electrons. The minimum atomic E-state index is -0.0463. The molecule has 7 heavy (non-hydrogen) atoms. The first-order valence-electron chi connectivity index (χ1n) is 2.05. The summed E-state index contributed by atoms with van der Waals surface area (Å²) in [5.41, 5.74) is 0. The molecular formula is C4H6O2Zn. The number of carbonyl (C=O) groups is 1. The van der Waals surface area contributed by atoms with E-state index in [0.717, 1.165) is 6.42 Å². The maximum atomic E-state index is 10.0. The summed E-state index contributed by atoms with van der Waals surface area (Å²) >= 11 is 0. The Morgan fingerprint density at radius 2 is 2.29 bits per heavy atom. The van der Waals surface area contributed by atoms with Crippen molar-refractivity contribution in [2.45, 2.75) is 12.8 Å². The normalized spacial score (nSPS) is 18.0. The molecule has 1 rings (SSSR count). The molecule has 36 valence electrons. The number of carbonyl (C=O) groups excluding carboxylic acids is 1. The summed E-state index contributed by atoms with van der Waals surface area (Å²) in [7, 11) is 0. The molecule has 0 unspecified atom stereocenters. The van der Waals surface area contributed by atoms with E-state index < -0.39 is 0 Å². The van der Waals surface area contributed by atoms with Crippen LogP contribution in [0.15, 0.2) is 0 Å². The number of hydrogen-bond acceptors (Lipinski definition) is 2. The van der Waals surface area contributed by atoms with Crippen molar-refractivity contribution >= 4 is 5.97 Å². The van der Waals surface area contributed by atoms with Crippen LogP contribution in [-0.4, -0.2) is 12.6 Å². The van der Waals surface area contributed by atoms with Gasteiger partial charge in [0.2, 0.25) is 0 Å². The molecule has 3 heteroatoms. The van der Waals surface area contributed by atoms with Gasteiger partial charge in [-0.15, -0.1) is 0 Å². The second-order valence-corrected chi connectivity index (χ2v) is 1.32. The van der Waals surface area contributed by atoms with Crippen LogP contribution in [0.1, 0.15) is 12.8 Å². The molecule has 0 atom stereocenters. The molecule has 0 N–H and O–H groups in total. The van der Waals surface area contributed by atoms with Gasteiger partial charge in [0.25, 0.3) is 0 Å². The van der Waals surface area contributed by atoms with Crippen LogP contribution in [-0.2, 0) is 29.0 Å². The topological polar surface area (TPSA) is 26.3 Å². The fraction of sp³-hybridized carbons (Fsp3) is 0.750. The van der Waals surface area contributed by atoms with Crippen LogP contribution >= 0.6 is 0 Å². The van der Waals surface area contributed by atoms with Gasteiger partial charge in [-0.3, -0.25) is 4.79 Å². The molecule has 0 spiro atoms. The molecule has 0 aromatic rings. The van der Waals surface area contributed by atoms with Crippen molar-refractivity contribution in [2.24, 2.45) is 0 Å². The third kappa shape index (κ3) is 2.03. The van der Waals surface area contributed by atoms with E-state index >= 15 is 0 Å². The fourth-order valence-electron chi connectivity index (χ4n) is 0.475. The number of rotatable bonds is 0. The number of ether oxygens (including phenoxy) is 1. The SMILES string of the molecule is O=C1CCCO1.[Zn]. The Morgan fingerprint density at radius 1 is 1.57 bits per heavy atom. The summed E-state index contributed by atoms with van der Waals surface area (Å²) < 4.78 is 4.51. The molecule has 1 heterocycles. The minimum absolute atomic E-state index is 0. The number of esters is 1. The average molecular weight is 151 g/mol. The van der Waals surface area contributed by atoms with E-state index in [2.05, 4.69) is 4.74 Å². The van der Waals surface area contributed by atoms with E-state index in [0.29, 0.717) is 13.0 Å². The molecule has 1 fully saturated rings. The molecule has 0 aliphatic carbocycles. The number of cyclic esters (lactones) is 1. The van der Waals surface area contributed by atoms with E-state index in [4.69, 9.17) is 0 Å². The van der Waals surface area contributed by atoms with Gasteiger partial charge in [-0.05, 0) is 6.42 Å². The molecule has 0 bridgehead atoms. The Labute approximate surface area is 55.0 Å². The predicted molar refractivity (Wildman–Crippen MR) is 20.2 cm³/mol. The van der Waals surface area contributed by atoms with Gasteiger partial charge in [-0.25, -0.2) is 0 Å². The van der Waals surface area contributed by atoms with Crippen LogP contribution in [0, 0.1) is 0 Å². The van der Waals surface area contributed by atoms with Crippen molar-refractivity contribution in [2.75, 3.05) is 6.61 Å². The van der Waals surface area contributed by atoms with Gasteiger partial charge in [-0.2, -0.15) is 0 Å². The van der Waals surface area contributed by atoms with E-state index in [1.54, 1.807) is 0 Å². The fourth-order valence-corrected chi connectivity index (χ4v) is 0.475. The maximum absolute atomic E-state index is 10.0. The summed E-state index contributed by atoms with van der Waals surface area (Å²) in [4.78, 5) is 10.0. The molecule has 2 nitrogen and oxygen atoms in total. The predicted octanol–water partition coefficient (Wildman–Crippen LogP) is 0.321. The van der Waals surface area contributed by atoms with E-state index in [1.807, 2.05) is 0 Å². The second kappa shape index (κ2) is 3.14. The molecule has 0 aromatic carbocycles. The minimum Gasteiger partial charge on any atom is -0.466 e. The van der Waals surface area contributed by atoms with Gasteiger partial charge in [0.1, 0.15) is 0 Å². The Balaban J connectivity index is 0.000000360. The molecule has 1 aliphatic rings. The van der Waals surface area contributed by atoms with Crippen LogP contribution in [0.3, 0.4) is 0 Å². The van der Waals surface area contributed by atoms with Crippen LogP contribution in [0.2, 0.25) is 0 Å². The molecule has 0 amide bonds. The Bertz CT molecular complexity index is 64.1. The van der Waals surface area contributed by atoms with Crippen LogP contribution in [0.5, 0.6) is 0 Å². The zero-order valence-electron chi connectivity index (χ0n) is 4.14. The van der Waals surface area contributed by atoms with Crippen molar-refractivity contribution in [3.63, 3.8) is 0 Å². The Morgan fingerprint density at radius 3 is 2.43 bits per heavy atom. The third-order valence-corrected chi connectivity index (χ3v) is 0.788. The summed E-state index contributed by atoms with van der Waals surface area (Å²) in [5.74, 6) is -0.0463. The zero-order chi connectivity index (χ0) is 4.41. The van der Waals surface area contributed by atoms with Crippen molar-refractivity contribution in [1.82, 2.24) is 0 Å². The standard InChI is InChI=1S/C4H6O2.Zn/c5-4-2-1-3-6-4;/h1-3H2;. The summed E-state index contributed by atoms with van der Waals surface area (Å²) in [6.07, 6.45) is 1.54. The van der Waals surface area contributed by atoms with E-state index in [9.17, 15) is 4.79 Å². The van der Waals surface area contributed by atoms with Crippen molar-refractivity contribution in [3.05, 3.63) is 0 Å². The van der Waals surface area contributed by atoms with E-state index in [1.165, 1.54) is 0 Å². The van der Waals surface area contributed by atoms with Crippen LogP contribution < -0.4 is 0 Å². The zero-order valence-corrected chi connectivity index (χ0v) is 7.11. The van der Waals surface area contributed by atoms with Gasteiger partial charge in [-0.1, -0.05) is 0 Å². The van der Waals surface area contributed by atoms with Gasteiger partial charge in [0.15, 0.2) is 0 Å². The van der Waals surface area contributed by atoms with Gasteiger partial charge in [0.05, 0.1) is 6.61 Å². The first-order chi connectivity index (χ1) is 2.89. The monoisotopic (exact) mass is 150 g/mol. The van der Waals surface area contributed by atoms with E-state index in [-0.39, 0.29) is 25.4 Å². The summed E-state index contributed by atoms with van der Waals surface area (Å²) in [6.45, 7) is 0.638. The Hall–Kier alpha value is 0.0934. The molecule has 1 saturated heterocycles. The second-order valence-electron chi connectivity index (χ2n) is 1.32. The first-order valence-corrected chi connectivity index (χ1v) is 2.05. The average Bonchev–Trinajstić information content (AvgIpc) is 1.86. The Kier molecular flexibility index (Phi) is 3.18. The van der Waals surface area contributed by atoms with Crippen LogP contribution in [0.25, 0.3) is 0 Å². The molecular weight excluding hydrogens is 145 g/mol. The summed E-state index contributed by atoms with van der Waals surface area (Å²) in [6, 6.07) is 0. The van der Waals surface area contributed by atoms with Gasteiger partial charge < -0.3 is 4.74 Å². The largest absolute Gasteiger partial charge is 0.466 e. The molecule has 1 aliphatic heterocycles. The van der Waals surface area contributed by atoms with Crippen molar-refractivity contribution < 1.29 is 29.0 Å². The van der Waals surface area contributed by atoms with Crippen molar-refractivity contribution in [3.8, 4) is 0 Å². The quantitative estimate of drug-likeness (QED) is 0.368. The van der Waals surface area contributed by atoms with Crippen molar-refractivity contribution in [1.29, 1.82) is 0 Å². The smallest absolute Gasteiger partial charge is 0.305 e. The van der Waals surface area contributed by atoms with Gasteiger partial charge in [0, 0.05) is 25.9 Å². The van der Waals surface area contributed by atoms with Gasteiger partial charge >= 0.3 is 5.97 Å². The number of hydrogen-bond donors (Lipinski definition) is 0. The molecule has 0 saturated carbocycles. The first kappa shape index (κ1) is 7.09. The molecule has 0 aromatic heterocycles. The summed E-state index contributed by atoms with van der Waals surface area (Å²) in [5, 5.41) is 0. The third-order valence-electron chi connectivity index (χ3n) is 0.788.